The van der Waals surface area contributed by atoms with Gasteiger partial charge in [0.2, 0.25) is 5.60 Å². The first-order chi connectivity index (χ1) is 18.1. The highest BCUT2D eigenvalue weighted by atomic mass is 32.2. The molecule has 0 aromatic carbocycles. The maximum Gasteiger partial charge on any atom is 0.352 e. The topological polar surface area (TPSA) is 193 Å². The lowest BCUT2D eigenvalue weighted by Gasteiger charge is -2.49. The molecule has 0 spiro atoms. The molecule has 2 aromatic heterocycles. The maximum atomic E-state index is 13.2. The van der Waals surface area contributed by atoms with Gasteiger partial charge < -0.3 is 26.1 Å². The third-order valence-corrected chi connectivity index (χ3v) is 8.71. The van der Waals surface area contributed by atoms with Crippen LogP contribution in [0.1, 0.15) is 25.0 Å². The van der Waals surface area contributed by atoms with Crippen LogP contribution in [-0.2, 0) is 37.6 Å². The third kappa shape index (κ3) is 4.38. The molecule has 0 unspecified atom stereocenters. The SMILES string of the molecule is C[n+]1cccn1CC1=C(C(=O)O)N2C(=O)[C@@H](NC(=O)C(=NOC3(C(=O)O)CCC3)c3csc(N)n3)[C@H]2SC1. The van der Waals surface area contributed by atoms with Crippen molar-refractivity contribution in [2.24, 2.45) is 12.2 Å². The molecule has 200 valence electrons. The Morgan fingerprint density at radius 3 is 2.68 bits per heavy atom. The second kappa shape index (κ2) is 9.75. The number of fused-ring (bicyclic) bond motifs is 1. The van der Waals surface area contributed by atoms with E-state index in [4.69, 9.17) is 10.6 Å². The number of amides is 2. The Labute approximate surface area is 223 Å². The van der Waals surface area contributed by atoms with Crippen LogP contribution in [0.25, 0.3) is 0 Å². The van der Waals surface area contributed by atoms with Crippen LogP contribution < -0.4 is 15.7 Å². The molecule has 16 heteroatoms. The molecule has 4 heterocycles. The number of hydrogen-bond donors (Lipinski definition) is 4. The summed E-state index contributed by atoms with van der Waals surface area (Å²) in [5.41, 5.74) is 4.39. The maximum absolute atomic E-state index is 13.2. The largest absolute Gasteiger partial charge is 0.478 e. The summed E-state index contributed by atoms with van der Waals surface area (Å²) in [5, 5.41) is 26.8. The molecule has 2 aromatic rings. The molecule has 5 N–H and O–H groups in total. The minimum absolute atomic E-state index is 0.0674. The fraction of sp³-hybridized carbons (Fsp3) is 0.409. The lowest BCUT2D eigenvalue weighted by Crippen LogP contribution is -2.71. The quantitative estimate of drug-likeness (QED) is 0.134. The van der Waals surface area contributed by atoms with Gasteiger partial charge in [0.1, 0.15) is 29.4 Å². The standard InChI is InChI=1S/C22H23N7O7S2/c1-27-6-3-7-28(27)8-11-9-37-18-14(17(31)29(18)15(11)19(32)33)25-16(30)13(12-10-38-21(23)24-12)26-36-22(20(34)35)4-2-5-22/h3,6-7,10,14,18H,2,4-5,8-9H2,1H3,(H4-,23,24,25,30,32,33,34,35)/p+1/t14-,18-/m1/s1. The summed E-state index contributed by atoms with van der Waals surface area (Å²) in [4.78, 5) is 60.7. The smallest absolute Gasteiger partial charge is 0.352 e. The summed E-state index contributed by atoms with van der Waals surface area (Å²) < 4.78 is 3.62. The van der Waals surface area contributed by atoms with Crippen LogP contribution in [-0.4, -0.2) is 77.0 Å². The van der Waals surface area contributed by atoms with Gasteiger partial charge in [-0.25, -0.2) is 14.6 Å². The number of thiazole rings is 1. The van der Waals surface area contributed by atoms with Gasteiger partial charge in [-0.05, 0) is 12.0 Å². The second-order valence-corrected chi connectivity index (χ2v) is 11.0. The fourth-order valence-electron chi connectivity index (χ4n) is 4.40. The number of carboxylic acid groups (broad SMARTS) is 2. The van der Waals surface area contributed by atoms with Crippen LogP contribution in [0.3, 0.4) is 0 Å². The highest BCUT2D eigenvalue weighted by Crippen LogP contribution is 2.41. The molecule has 2 fully saturated rings. The summed E-state index contributed by atoms with van der Waals surface area (Å²) >= 11 is 2.39. The van der Waals surface area contributed by atoms with Crippen molar-refractivity contribution in [2.45, 2.75) is 42.8 Å². The van der Waals surface area contributed by atoms with E-state index in [1.807, 2.05) is 24.0 Å². The van der Waals surface area contributed by atoms with E-state index in [0.717, 1.165) is 11.3 Å². The van der Waals surface area contributed by atoms with Crippen LogP contribution in [0.5, 0.6) is 0 Å². The minimum atomic E-state index is -1.52. The highest BCUT2D eigenvalue weighted by Gasteiger charge is 2.55. The van der Waals surface area contributed by atoms with Crippen molar-refractivity contribution in [1.82, 2.24) is 19.9 Å². The average molecular weight is 563 g/mol. The number of nitrogens with one attached hydrogen (secondary N) is 1. The van der Waals surface area contributed by atoms with Gasteiger partial charge >= 0.3 is 11.9 Å². The third-order valence-electron chi connectivity index (χ3n) is 6.70. The molecule has 0 radical (unpaired) electrons. The monoisotopic (exact) mass is 562 g/mol. The summed E-state index contributed by atoms with van der Waals surface area (Å²) in [5.74, 6) is -3.48. The molecular formula is C22H24N7O7S2+. The number of nitrogen functional groups attached to an aromatic ring is 1. The molecule has 5 rings (SSSR count). The highest BCUT2D eigenvalue weighted by molar-refractivity contribution is 8.00. The molecule has 0 bridgehead atoms. The molecule has 38 heavy (non-hydrogen) atoms. The van der Waals surface area contributed by atoms with Gasteiger partial charge in [-0.3, -0.25) is 14.5 Å². The molecule has 1 saturated carbocycles. The number of carboxylic acids is 2. The Morgan fingerprint density at radius 2 is 2.13 bits per heavy atom. The first kappa shape index (κ1) is 25.7. The Balaban J connectivity index is 1.36. The average Bonchev–Trinajstić information content (AvgIpc) is 3.45. The zero-order chi connectivity index (χ0) is 27.2. The van der Waals surface area contributed by atoms with E-state index in [-0.39, 0.29) is 41.6 Å². The van der Waals surface area contributed by atoms with E-state index in [0.29, 0.717) is 17.7 Å². The Morgan fingerprint density at radius 1 is 1.37 bits per heavy atom. The van der Waals surface area contributed by atoms with E-state index < -0.39 is 40.8 Å². The Bertz CT molecular complexity index is 1390. The number of carbonyl (C=O) groups excluding carboxylic acids is 2. The van der Waals surface area contributed by atoms with E-state index in [1.165, 1.54) is 22.0 Å². The van der Waals surface area contributed by atoms with Crippen molar-refractivity contribution in [1.29, 1.82) is 0 Å². The van der Waals surface area contributed by atoms with Crippen molar-refractivity contribution in [3.8, 4) is 0 Å². The van der Waals surface area contributed by atoms with Crippen LogP contribution in [0.15, 0.2) is 40.3 Å². The van der Waals surface area contributed by atoms with Gasteiger partial charge in [0.05, 0.1) is 6.20 Å². The van der Waals surface area contributed by atoms with E-state index >= 15 is 0 Å². The number of β-lactam (4-membered cyclic amide) rings is 1. The molecular weight excluding hydrogens is 538 g/mol. The number of nitrogens with two attached hydrogens (primary N) is 1. The number of anilines is 1. The van der Waals surface area contributed by atoms with Crippen molar-refractivity contribution >= 4 is 57.7 Å². The van der Waals surface area contributed by atoms with Gasteiger partial charge in [0.25, 0.3) is 11.8 Å². The summed E-state index contributed by atoms with van der Waals surface area (Å²) in [6.07, 6.45) is 4.74. The number of thioether (sulfide) groups is 1. The van der Waals surface area contributed by atoms with Gasteiger partial charge in [0.15, 0.2) is 24.1 Å². The van der Waals surface area contributed by atoms with E-state index in [1.54, 1.807) is 10.9 Å². The number of carbonyl (C=O) groups is 4. The fourth-order valence-corrected chi connectivity index (χ4v) is 6.29. The van der Waals surface area contributed by atoms with Crippen LogP contribution in [0, 0.1) is 0 Å². The first-order valence-corrected chi connectivity index (χ1v) is 13.5. The lowest BCUT2D eigenvalue weighted by atomic mass is 9.80. The number of oxime groups is 1. The summed E-state index contributed by atoms with van der Waals surface area (Å²) in [6.45, 7) is 0.288. The number of aliphatic carboxylic acids is 2. The Kier molecular flexibility index (Phi) is 6.60. The molecule has 2 amide bonds. The second-order valence-electron chi connectivity index (χ2n) is 9.04. The predicted molar refractivity (Wildman–Crippen MR) is 134 cm³/mol. The zero-order valence-corrected chi connectivity index (χ0v) is 21.7. The molecule has 1 saturated heterocycles. The van der Waals surface area contributed by atoms with Crippen molar-refractivity contribution in [2.75, 3.05) is 11.5 Å². The number of hydrogen-bond acceptors (Lipinski definition) is 10. The van der Waals surface area contributed by atoms with E-state index in [9.17, 15) is 29.4 Å². The molecule has 2 aliphatic heterocycles. The van der Waals surface area contributed by atoms with Gasteiger partial charge in [-0.15, -0.1) is 27.8 Å². The molecule has 2 atom stereocenters. The summed E-state index contributed by atoms with van der Waals surface area (Å²) in [6, 6.07) is 0.798. The minimum Gasteiger partial charge on any atom is -0.478 e. The van der Waals surface area contributed by atoms with Crippen LogP contribution in [0.2, 0.25) is 0 Å². The van der Waals surface area contributed by atoms with Gasteiger partial charge in [0, 0.05) is 30.0 Å². The van der Waals surface area contributed by atoms with Crippen LogP contribution in [0.4, 0.5) is 5.13 Å². The number of aromatic nitrogens is 3. The molecule has 1 aliphatic carbocycles. The molecule has 3 aliphatic rings. The first-order valence-electron chi connectivity index (χ1n) is 11.5. The predicted octanol–water partition coefficient (Wildman–Crippen LogP) is -0.482. The van der Waals surface area contributed by atoms with Gasteiger partial charge in [-0.1, -0.05) is 5.16 Å². The number of rotatable bonds is 9. The van der Waals surface area contributed by atoms with E-state index in [2.05, 4.69) is 15.5 Å². The zero-order valence-electron chi connectivity index (χ0n) is 20.1. The van der Waals surface area contributed by atoms with Crippen molar-refractivity contribution in [3.63, 3.8) is 0 Å². The summed E-state index contributed by atoms with van der Waals surface area (Å²) in [7, 11) is 1.82. The number of nitrogens with zero attached hydrogens (tertiary/aromatic N) is 5. The normalized spacial score (nSPS) is 22.3. The lowest BCUT2D eigenvalue weighted by molar-refractivity contribution is -0.752. The van der Waals surface area contributed by atoms with Crippen molar-refractivity contribution < 1.29 is 38.9 Å². The molecule has 14 nitrogen and oxygen atoms in total. The Hall–Kier alpha value is -3.92. The van der Waals surface area contributed by atoms with Crippen molar-refractivity contribution in [3.05, 3.63) is 40.8 Å². The van der Waals surface area contributed by atoms with Gasteiger partial charge in [-0.2, -0.15) is 4.68 Å². The van der Waals surface area contributed by atoms with Crippen LogP contribution >= 0.6 is 23.1 Å². The number of aryl methyl sites for hydroxylation is 1.